The van der Waals surface area contributed by atoms with Gasteiger partial charge in [0.2, 0.25) is 0 Å². The summed E-state index contributed by atoms with van der Waals surface area (Å²) in [6.07, 6.45) is 5.13. The lowest BCUT2D eigenvalue weighted by atomic mass is 10.00. The maximum absolute atomic E-state index is 11.9. The zero-order valence-corrected chi connectivity index (χ0v) is 11.1. The molecule has 1 aliphatic carbocycles. The molecule has 0 aromatic carbocycles. The molecule has 1 saturated carbocycles. The van der Waals surface area contributed by atoms with Gasteiger partial charge in [-0.2, -0.15) is 0 Å². The normalized spacial score (nSPS) is 18.6. The van der Waals surface area contributed by atoms with Crippen LogP contribution in [-0.4, -0.2) is 11.9 Å². The van der Waals surface area contributed by atoms with Gasteiger partial charge in [0.25, 0.3) is 5.91 Å². The van der Waals surface area contributed by atoms with Crippen LogP contribution in [0.4, 0.5) is 0 Å². The van der Waals surface area contributed by atoms with Crippen molar-refractivity contribution >= 4 is 29.9 Å². The Kier molecular flexibility index (Phi) is 3.92. The van der Waals surface area contributed by atoms with Gasteiger partial charge in [-0.1, -0.05) is 12.8 Å². The number of carbonyl (C=O) groups is 1. The fourth-order valence-corrected chi connectivity index (χ4v) is 3.35. The van der Waals surface area contributed by atoms with Crippen LogP contribution in [0.3, 0.4) is 0 Å². The molecule has 1 atom stereocenters. The average Bonchev–Trinajstić information content (AvgIpc) is 2.87. The Morgan fingerprint density at radius 3 is 2.81 bits per heavy atom. The number of hydrogen-bond donors (Lipinski definition) is 2. The van der Waals surface area contributed by atoms with E-state index in [4.69, 9.17) is 0 Å². The Bertz CT molecular complexity index is 369. The van der Waals surface area contributed by atoms with Crippen LogP contribution < -0.4 is 5.32 Å². The average molecular weight is 255 g/mol. The molecule has 2 rings (SSSR count). The van der Waals surface area contributed by atoms with Crippen LogP contribution in [0, 0.1) is 5.92 Å². The van der Waals surface area contributed by atoms with E-state index >= 15 is 0 Å². The van der Waals surface area contributed by atoms with E-state index in [1.54, 1.807) is 0 Å². The van der Waals surface area contributed by atoms with Gasteiger partial charge in [-0.25, -0.2) is 0 Å². The van der Waals surface area contributed by atoms with Gasteiger partial charge in [0, 0.05) is 16.3 Å². The maximum Gasteiger partial charge on any atom is 0.261 e. The van der Waals surface area contributed by atoms with Crippen molar-refractivity contribution in [3.63, 3.8) is 0 Å². The first kappa shape index (κ1) is 12.0. The lowest BCUT2D eigenvalue weighted by Gasteiger charge is -2.19. The Hall–Kier alpha value is -0.480. The van der Waals surface area contributed by atoms with Gasteiger partial charge >= 0.3 is 0 Å². The van der Waals surface area contributed by atoms with Crippen molar-refractivity contribution in [2.45, 2.75) is 43.5 Å². The van der Waals surface area contributed by atoms with Crippen LogP contribution in [0.15, 0.2) is 16.3 Å². The second-order valence-electron chi connectivity index (χ2n) is 4.48. The van der Waals surface area contributed by atoms with Crippen molar-refractivity contribution in [2.24, 2.45) is 5.92 Å². The van der Waals surface area contributed by atoms with Gasteiger partial charge < -0.3 is 5.32 Å². The van der Waals surface area contributed by atoms with E-state index in [-0.39, 0.29) is 5.91 Å². The monoisotopic (exact) mass is 255 g/mol. The maximum atomic E-state index is 11.9. The van der Waals surface area contributed by atoms with Crippen LogP contribution in [-0.2, 0) is 0 Å². The molecule has 1 fully saturated rings. The molecule has 0 bridgehead atoms. The second-order valence-corrected chi connectivity index (χ2v) is 5.90. The molecule has 1 unspecified atom stereocenters. The summed E-state index contributed by atoms with van der Waals surface area (Å²) in [5.74, 6) is 0.712. The third-order valence-corrected chi connectivity index (χ3v) is 4.64. The molecular formula is C12H17NOS2. The number of carbonyl (C=O) groups excluding carboxylic acids is 1. The standard InChI is InChI=1S/C12H17NOS2/c1-8(9-4-2-3-5-9)13-12(14)11-6-10(15)7-16-11/h6-9,15H,2-5H2,1H3,(H,13,14). The largest absolute Gasteiger partial charge is 0.349 e. The lowest BCUT2D eigenvalue weighted by molar-refractivity contribution is 0.0931. The highest BCUT2D eigenvalue weighted by atomic mass is 32.1. The molecule has 1 heterocycles. The molecule has 0 spiro atoms. The zero-order chi connectivity index (χ0) is 11.5. The number of nitrogens with one attached hydrogen (secondary N) is 1. The second kappa shape index (κ2) is 5.23. The van der Waals surface area contributed by atoms with Crippen molar-refractivity contribution in [3.05, 3.63) is 16.3 Å². The minimum Gasteiger partial charge on any atom is -0.349 e. The molecular weight excluding hydrogens is 238 g/mol. The van der Waals surface area contributed by atoms with Gasteiger partial charge in [0.05, 0.1) is 4.88 Å². The van der Waals surface area contributed by atoms with Crippen molar-refractivity contribution < 1.29 is 4.79 Å². The molecule has 1 aliphatic rings. The molecule has 0 aliphatic heterocycles. The van der Waals surface area contributed by atoms with Gasteiger partial charge in [-0.15, -0.1) is 24.0 Å². The quantitative estimate of drug-likeness (QED) is 0.797. The Morgan fingerprint density at radius 2 is 2.25 bits per heavy atom. The first-order valence-electron chi connectivity index (χ1n) is 5.75. The molecule has 16 heavy (non-hydrogen) atoms. The molecule has 4 heteroatoms. The number of hydrogen-bond acceptors (Lipinski definition) is 3. The summed E-state index contributed by atoms with van der Waals surface area (Å²) in [4.78, 5) is 13.5. The van der Waals surface area contributed by atoms with Gasteiger partial charge in [-0.05, 0) is 31.7 Å². The highest BCUT2D eigenvalue weighted by Gasteiger charge is 2.23. The van der Waals surface area contributed by atoms with Crippen molar-refractivity contribution in [3.8, 4) is 0 Å². The van der Waals surface area contributed by atoms with E-state index in [0.717, 1.165) is 9.77 Å². The third-order valence-electron chi connectivity index (χ3n) is 3.28. The van der Waals surface area contributed by atoms with Crippen molar-refractivity contribution in [1.82, 2.24) is 5.32 Å². The molecule has 1 aromatic heterocycles. The lowest BCUT2D eigenvalue weighted by Crippen LogP contribution is -2.36. The summed E-state index contributed by atoms with van der Waals surface area (Å²) < 4.78 is 0. The summed E-state index contributed by atoms with van der Waals surface area (Å²) in [5.41, 5.74) is 0. The van der Waals surface area contributed by atoms with Gasteiger partial charge in [-0.3, -0.25) is 4.79 Å². The topological polar surface area (TPSA) is 29.1 Å². The van der Waals surface area contributed by atoms with Crippen LogP contribution in [0.25, 0.3) is 0 Å². The van der Waals surface area contributed by atoms with Gasteiger partial charge in [0.15, 0.2) is 0 Å². The summed E-state index contributed by atoms with van der Waals surface area (Å²) in [7, 11) is 0. The SMILES string of the molecule is CC(NC(=O)c1cc(S)cs1)C1CCCC1. The molecule has 1 aromatic rings. The smallest absolute Gasteiger partial charge is 0.261 e. The van der Waals surface area contributed by atoms with E-state index in [0.29, 0.717) is 12.0 Å². The van der Waals surface area contributed by atoms with Crippen molar-refractivity contribution in [2.75, 3.05) is 0 Å². The minimum absolute atomic E-state index is 0.0460. The first-order valence-corrected chi connectivity index (χ1v) is 7.08. The fourth-order valence-electron chi connectivity index (χ4n) is 2.30. The molecule has 88 valence electrons. The predicted molar refractivity (Wildman–Crippen MR) is 70.5 cm³/mol. The molecule has 2 nitrogen and oxygen atoms in total. The highest BCUT2D eigenvalue weighted by molar-refractivity contribution is 7.80. The summed E-state index contributed by atoms with van der Waals surface area (Å²) >= 11 is 5.66. The van der Waals surface area contributed by atoms with Gasteiger partial charge in [0.1, 0.15) is 0 Å². The number of thiol groups is 1. The summed E-state index contributed by atoms with van der Waals surface area (Å²) in [6.45, 7) is 2.11. The Labute approximate surface area is 106 Å². The molecule has 1 N–H and O–H groups in total. The van der Waals surface area contributed by atoms with E-state index in [9.17, 15) is 4.79 Å². The first-order chi connectivity index (χ1) is 7.66. The van der Waals surface area contributed by atoms with E-state index < -0.39 is 0 Å². The molecule has 1 amide bonds. The number of rotatable bonds is 3. The van der Waals surface area contributed by atoms with Crippen molar-refractivity contribution in [1.29, 1.82) is 0 Å². The zero-order valence-electron chi connectivity index (χ0n) is 9.40. The van der Waals surface area contributed by atoms with Crippen LogP contribution >= 0.6 is 24.0 Å². The predicted octanol–water partition coefficient (Wildman–Crippen LogP) is 3.35. The number of amides is 1. The Morgan fingerprint density at radius 1 is 1.56 bits per heavy atom. The fraction of sp³-hybridized carbons (Fsp3) is 0.583. The molecule has 0 radical (unpaired) electrons. The Balaban J connectivity index is 1.91. The minimum atomic E-state index is 0.0460. The highest BCUT2D eigenvalue weighted by Crippen LogP contribution is 2.28. The van der Waals surface area contributed by atoms with E-state index in [1.165, 1.54) is 37.0 Å². The van der Waals surface area contributed by atoms with Crippen LogP contribution in [0.5, 0.6) is 0 Å². The van der Waals surface area contributed by atoms with Crippen LogP contribution in [0.1, 0.15) is 42.3 Å². The van der Waals surface area contributed by atoms with E-state index in [2.05, 4.69) is 24.9 Å². The summed E-state index contributed by atoms with van der Waals surface area (Å²) in [5, 5.41) is 4.98. The third kappa shape index (κ3) is 2.80. The number of thiophene rings is 1. The van der Waals surface area contributed by atoms with Crippen LogP contribution in [0.2, 0.25) is 0 Å². The van der Waals surface area contributed by atoms with E-state index in [1.807, 2.05) is 11.4 Å². The summed E-state index contributed by atoms with van der Waals surface area (Å²) in [6, 6.07) is 2.12. The molecule has 0 saturated heterocycles.